The first-order valence-electron chi connectivity index (χ1n) is 8.15. The second-order valence-electron chi connectivity index (χ2n) is 5.86. The molecule has 0 radical (unpaired) electrons. The number of rotatable bonds is 7. The van der Waals surface area contributed by atoms with E-state index in [4.69, 9.17) is 5.11 Å². The van der Waals surface area contributed by atoms with Crippen LogP contribution >= 0.6 is 0 Å². The summed E-state index contributed by atoms with van der Waals surface area (Å²) in [6, 6.07) is 8.01. The number of carbonyl (C=O) groups excluding carboxylic acids is 1. The van der Waals surface area contributed by atoms with Gasteiger partial charge in [-0.15, -0.1) is 0 Å². The predicted molar refractivity (Wildman–Crippen MR) is 95.5 cm³/mol. The Morgan fingerprint density at radius 1 is 1.25 bits per heavy atom. The number of hydrogen-bond acceptors (Lipinski definition) is 4. The summed E-state index contributed by atoms with van der Waals surface area (Å²) in [5.41, 5.74) is 2.15. The lowest BCUT2D eigenvalue weighted by Crippen LogP contribution is -2.50. The Kier molecular flexibility index (Phi) is 6.96. The molecule has 1 aromatic carbocycles. The third kappa shape index (κ3) is 5.18. The zero-order chi connectivity index (χ0) is 17.4. The van der Waals surface area contributed by atoms with Gasteiger partial charge in [-0.05, 0) is 17.3 Å². The third-order valence-corrected chi connectivity index (χ3v) is 4.15. The molecule has 6 heteroatoms. The Morgan fingerprint density at radius 3 is 2.42 bits per heavy atom. The summed E-state index contributed by atoms with van der Waals surface area (Å²) in [4.78, 5) is 22.2. The predicted octanol–water partition coefficient (Wildman–Crippen LogP) is 0.927. The minimum Gasteiger partial charge on any atom is -0.392 e. The van der Waals surface area contributed by atoms with E-state index >= 15 is 0 Å². The lowest BCUT2D eigenvalue weighted by Gasteiger charge is -2.35. The molecule has 1 aromatic rings. The van der Waals surface area contributed by atoms with E-state index in [1.165, 1.54) is 5.56 Å². The highest BCUT2D eigenvalue weighted by atomic mass is 16.3. The summed E-state index contributed by atoms with van der Waals surface area (Å²) in [7, 11) is 1.67. The summed E-state index contributed by atoms with van der Waals surface area (Å²) in [6.07, 6.45) is 3.22. The first kappa shape index (κ1) is 18.2. The molecule has 130 valence electrons. The maximum absolute atomic E-state index is 12.3. The van der Waals surface area contributed by atoms with Crippen molar-refractivity contribution in [3.63, 3.8) is 0 Å². The molecule has 0 unspecified atom stereocenters. The van der Waals surface area contributed by atoms with Crippen molar-refractivity contribution in [2.24, 2.45) is 4.99 Å². The number of aliphatic imine (C=N–C) groups is 1. The van der Waals surface area contributed by atoms with Gasteiger partial charge in [0.05, 0.1) is 12.9 Å². The molecule has 0 bridgehead atoms. The van der Waals surface area contributed by atoms with Crippen LogP contribution in [0, 0.1) is 0 Å². The number of amides is 1. The van der Waals surface area contributed by atoms with Gasteiger partial charge < -0.3 is 14.9 Å². The SMILES string of the molecule is C=CN(C=NC)CC(=O)N1CCN(Cc2ccc(CO)cc2)CC1. The molecule has 0 atom stereocenters. The van der Waals surface area contributed by atoms with Gasteiger partial charge in [0.2, 0.25) is 5.91 Å². The van der Waals surface area contributed by atoms with E-state index in [1.54, 1.807) is 24.5 Å². The van der Waals surface area contributed by atoms with E-state index in [1.807, 2.05) is 17.0 Å². The van der Waals surface area contributed by atoms with Crippen LogP contribution in [0.5, 0.6) is 0 Å². The van der Waals surface area contributed by atoms with E-state index < -0.39 is 0 Å². The number of carbonyl (C=O) groups is 1. The minimum absolute atomic E-state index is 0.0749. The third-order valence-electron chi connectivity index (χ3n) is 4.15. The van der Waals surface area contributed by atoms with Crippen molar-refractivity contribution in [2.45, 2.75) is 13.2 Å². The van der Waals surface area contributed by atoms with Crippen LogP contribution in [0.3, 0.4) is 0 Å². The van der Waals surface area contributed by atoms with Gasteiger partial charge in [-0.25, -0.2) is 0 Å². The first-order valence-corrected chi connectivity index (χ1v) is 8.15. The molecule has 0 spiro atoms. The van der Waals surface area contributed by atoms with Crippen molar-refractivity contribution in [3.05, 3.63) is 48.2 Å². The standard InChI is InChI=1S/C18H26N4O2/c1-3-20(15-19-2)13-18(24)22-10-8-21(9-11-22)12-16-4-6-17(14-23)7-5-16/h3-7,15,23H,1,8-14H2,2H3. The number of hydrogen-bond donors (Lipinski definition) is 1. The average Bonchev–Trinajstić information content (AvgIpc) is 2.62. The van der Waals surface area contributed by atoms with Crippen LogP contribution in [0.1, 0.15) is 11.1 Å². The fourth-order valence-electron chi connectivity index (χ4n) is 2.72. The Hall–Kier alpha value is -2.18. The topological polar surface area (TPSA) is 59.4 Å². The maximum Gasteiger partial charge on any atom is 0.242 e. The molecule has 1 aliphatic rings. The van der Waals surface area contributed by atoms with Gasteiger partial charge in [0, 0.05) is 39.8 Å². The zero-order valence-corrected chi connectivity index (χ0v) is 14.3. The maximum atomic E-state index is 12.3. The number of aliphatic hydroxyl groups excluding tert-OH is 1. The molecule has 1 aliphatic heterocycles. The molecule has 2 rings (SSSR count). The van der Waals surface area contributed by atoms with Gasteiger partial charge in [0.15, 0.2) is 0 Å². The van der Waals surface area contributed by atoms with Crippen LogP contribution in [0.25, 0.3) is 0 Å². The van der Waals surface area contributed by atoms with Crippen molar-refractivity contribution in [1.82, 2.24) is 14.7 Å². The van der Waals surface area contributed by atoms with Gasteiger partial charge in [-0.1, -0.05) is 30.8 Å². The lowest BCUT2D eigenvalue weighted by molar-refractivity contribution is -0.132. The Balaban J connectivity index is 1.79. The number of piperazine rings is 1. The average molecular weight is 330 g/mol. The first-order chi connectivity index (χ1) is 11.7. The summed E-state index contributed by atoms with van der Waals surface area (Å²) in [6.45, 7) is 8.12. The fourth-order valence-corrected chi connectivity index (χ4v) is 2.72. The summed E-state index contributed by atoms with van der Waals surface area (Å²) in [5.74, 6) is 0.0988. The van der Waals surface area contributed by atoms with E-state index in [0.717, 1.165) is 38.3 Å². The van der Waals surface area contributed by atoms with Gasteiger partial charge in [0.1, 0.15) is 6.54 Å². The molecule has 24 heavy (non-hydrogen) atoms. The fraction of sp³-hybridized carbons (Fsp3) is 0.444. The number of aliphatic hydroxyl groups is 1. The van der Waals surface area contributed by atoms with Crippen molar-refractivity contribution in [3.8, 4) is 0 Å². The molecule has 1 saturated heterocycles. The lowest BCUT2D eigenvalue weighted by atomic mass is 10.1. The molecule has 1 heterocycles. The highest BCUT2D eigenvalue weighted by molar-refractivity contribution is 5.81. The molecule has 1 N–H and O–H groups in total. The van der Waals surface area contributed by atoms with Crippen LogP contribution in [-0.4, -0.2) is 71.8 Å². The van der Waals surface area contributed by atoms with Gasteiger partial charge in [-0.3, -0.25) is 14.7 Å². The van der Waals surface area contributed by atoms with Crippen LogP contribution in [0.4, 0.5) is 0 Å². The molecule has 1 fully saturated rings. The van der Waals surface area contributed by atoms with Crippen molar-refractivity contribution in [2.75, 3.05) is 39.8 Å². The van der Waals surface area contributed by atoms with Gasteiger partial charge in [0.25, 0.3) is 0 Å². The quantitative estimate of drug-likeness (QED) is 0.597. The van der Waals surface area contributed by atoms with Gasteiger partial charge in [-0.2, -0.15) is 0 Å². The van der Waals surface area contributed by atoms with E-state index in [-0.39, 0.29) is 19.1 Å². The summed E-state index contributed by atoms with van der Waals surface area (Å²) in [5, 5.41) is 9.08. The van der Waals surface area contributed by atoms with Crippen molar-refractivity contribution < 1.29 is 9.90 Å². The number of benzene rings is 1. The molecular weight excluding hydrogens is 304 g/mol. The molecule has 1 amide bonds. The van der Waals surface area contributed by atoms with Crippen LogP contribution in [-0.2, 0) is 17.9 Å². The van der Waals surface area contributed by atoms with Crippen LogP contribution in [0.2, 0.25) is 0 Å². The summed E-state index contributed by atoms with van der Waals surface area (Å²) < 4.78 is 0. The molecule has 6 nitrogen and oxygen atoms in total. The van der Waals surface area contributed by atoms with Crippen LogP contribution < -0.4 is 0 Å². The molecule has 0 aliphatic carbocycles. The van der Waals surface area contributed by atoms with E-state index in [9.17, 15) is 4.79 Å². The Bertz CT molecular complexity index is 563. The molecule has 0 aromatic heterocycles. The zero-order valence-electron chi connectivity index (χ0n) is 14.3. The van der Waals surface area contributed by atoms with Crippen LogP contribution in [0.15, 0.2) is 42.0 Å². The van der Waals surface area contributed by atoms with Gasteiger partial charge >= 0.3 is 0 Å². The monoisotopic (exact) mass is 330 g/mol. The highest BCUT2D eigenvalue weighted by Crippen LogP contribution is 2.10. The highest BCUT2D eigenvalue weighted by Gasteiger charge is 2.21. The molecule has 0 saturated carbocycles. The normalized spacial score (nSPS) is 15.7. The van der Waals surface area contributed by atoms with E-state index in [0.29, 0.717) is 0 Å². The largest absolute Gasteiger partial charge is 0.392 e. The Morgan fingerprint density at radius 2 is 1.88 bits per heavy atom. The summed E-state index contributed by atoms with van der Waals surface area (Å²) >= 11 is 0. The molecular formula is C18H26N4O2. The second-order valence-corrected chi connectivity index (χ2v) is 5.86. The number of nitrogens with zero attached hydrogens (tertiary/aromatic N) is 4. The van der Waals surface area contributed by atoms with Crippen molar-refractivity contribution in [1.29, 1.82) is 0 Å². The smallest absolute Gasteiger partial charge is 0.242 e. The Labute approximate surface area is 143 Å². The minimum atomic E-state index is 0.0749. The van der Waals surface area contributed by atoms with E-state index in [2.05, 4.69) is 28.6 Å². The van der Waals surface area contributed by atoms with Crippen molar-refractivity contribution >= 4 is 12.2 Å². The second kappa shape index (κ2) is 9.20.